The Morgan fingerprint density at radius 2 is 1.43 bits per heavy atom. The molecule has 0 radical (unpaired) electrons. The van der Waals surface area contributed by atoms with Crippen LogP contribution in [0.25, 0.3) is 0 Å². The summed E-state index contributed by atoms with van der Waals surface area (Å²) in [5.41, 5.74) is 7.75. The topological polar surface area (TPSA) is 53.7 Å². The first-order chi connectivity index (χ1) is 10.2. The van der Waals surface area contributed by atoms with Gasteiger partial charge in [0.2, 0.25) is 0 Å². The predicted octanol–water partition coefficient (Wildman–Crippen LogP) is 3.57. The molecule has 0 saturated carbocycles. The Bertz CT molecular complexity index is 379. The van der Waals surface area contributed by atoms with E-state index in [2.05, 4.69) is 26.8 Å². The number of nitrogens with two attached hydrogens (primary N) is 1. The van der Waals surface area contributed by atoms with Crippen LogP contribution < -0.4 is 5.73 Å². The monoisotopic (exact) mass is 311 g/mol. The highest BCUT2D eigenvalue weighted by atomic mass is 28.4. The van der Waals surface area contributed by atoms with E-state index in [-0.39, 0.29) is 0 Å². The molecule has 0 heterocycles. The van der Waals surface area contributed by atoms with Crippen molar-refractivity contribution in [2.75, 3.05) is 25.6 Å². The lowest BCUT2D eigenvalue weighted by atomic mass is 10.2. The quantitative estimate of drug-likeness (QED) is 0.501. The minimum atomic E-state index is -2.68. The molecule has 0 atom stereocenters. The smallest absolute Gasteiger partial charge is 0.399 e. The number of rotatable bonds is 11. The van der Waals surface area contributed by atoms with E-state index in [1.807, 2.05) is 18.2 Å². The van der Waals surface area contributed by atoms with E-state index in [4.69, 9.17) is 19.0 Å². The van der Waals surface area contributed by atoms with Gasteiger partial charge in [0.25, 0.3) is 0 Å². The number of anilines is 1. The van der Waals surface area contributed by atoms with Gasteiger partial charge in [0, 0.05) is 31.6 Å². The Kier molecular flexibility index (Phi) is 8.60. The zero-order valence-corrected chi connectivity index (χ0v) is 14.6. The Balaban J connectivity index is 2.88. The fourth-order valence-electron chi connectivity index (χ4n) is 2.00. The van der Waals surface area contributed by atoms with E-state index >= 15 is 0 Å². The lowest BCUT2D eigenvalue weighted by Gasteiger charge is -2.29. The maximum Gasteiger partial charge on any atom is 0.505 e. The van der Waals surface area contributed by atoms with Crippen molar-refractivity contribution >= 4 is 14.5 Å². The van der Waals surface area contributed by atoms with Crippen LogP contribution in [0.2, 0.25) is 0 Å². The van der Waals surface area contributed by atoms with Crippen LogP contribution in [0.15, 0.2) is 24.3 Å². The maximum absolute atomic E-state index is 6.08. The third kappa shape index (κ3) is 6.61. The normalized spacial score (nSPS) is 11.8. The molecule has 0 aliphatic heterocycles. The summed E-state index contributed by atoms with van der Waals surface area (Å²) in [6.07, 6.45) is 2.87. The summed E-state index contributed by atoms with van der Waals surface area (Å²) >= 11 is 0. The second kappa shape index (κ2) is 9.95. The zero-order valence-electron chi connectivity index (χ0n) is 13.6. The lowest BCUT2D eigenvalue weighted by molar-refractivity contribution is 0.0583. The van der Waals surface area contributed by atoms with Crippen molar-refractivity contribution in [2.45, 2.75) is 46.1 Å². The molecule has 2 N–H and O–H groups in total. The van der Waals surface area contributed by atoms with E-state index in [9.17, 15) is 0 Å². The first kappa shape index (κ1) is 18.2. The van der Waals surface area contributed by atoms with Crippen LogP contribution >= 0.6 is 0 Å². The van der Waals surface area contributed by atoms with Crippen LogP contribution in [0.3, 0.4) is 0 Å². The molecule has 1 aromatic carbocycles. The van der Waals surface area contributed by atoms with Crippen LogP contribution in [0.4, 0.5) is 5.69 Å². The van der Waals surface area contributed by atoms with Gasteiger partial charge in [0.1, 0.15) is 0 Å². The summed E-state index contributed by atoms with van der Waals surface area (Å²) in [5.74, 6) is 0. The second-order valence-corrected chi connectivity index (χ2v) is 7.74. The summed E-state index contributed by atoms with van der Waals surface area (Å²) in [6, 6.07) is 8.56. The van der Waals surface area contributed by atoms with Gasteiger partial charge in [-0.3, -0.25) is 0 Å². The molecule has 0 aliphatic rings. The highest BCUT2D eigenvalue weighted by molar-refractivity contribution is 6.60. The van der Waals surface area contributed by atoms with Gasteiger partial charge in [-0.05, 0) is 37.0 Å². The van der Waals surface area contributed by atoms with Crippen molar-refractivity contribution < 1.29 is 13.3 Å². The summed E-state index contributed by atoms with van der Waals surface area (Å²) in [4.78, 5) is 0. The Morgan fingerprint density at radius 1 is 0.905 bits per heavy atom. The minimum absolute atomic E-state index is 0.669. The second-order valence-electron chi connectivity index (χ2n) is 5.15. The van der Waals surface area contributed by atoms with E-state index in [0.29, 0.717) is 25.9 Å². The molecule has 120 valence electrons. The number of nitrogen functional groups attached to an aromatic ring is 1. The Morgan fingerprint density at radius 3 is 1.86 bits per heavy atom. The van der Waals surface area contributed by atoms with Gasteiger partial charge in [-0.2, -0.15) is 0 Å². The van der Waals surface area contributed by atoms with Gasteiger partial charge in [0.15, 0.2) is 0 Å². The fourth-order valence-corrected chi connectivity index (χ4v) is 4.83. The molecule has 0 amide bonds. The number of benzene rings is 1. The molecule has 0 spiro atoms. The van der Waals surface area contributed by atoms with E-state index in [1.54, 1.807) is 0 Å². The third-order valence-electron chi connectivity index (χ3n) is 2.95. The Hall–Kier alpha value is -0.883. The first-order valence-corrected chi connectivity index (χ1v) is 9.85. The van der Waals surface area contributed by atoms with Crippen molar-refractivity contribution in [1.82, 2.24) is 0 Å². The molecule has 1 rings (SSSR count). The van der Waals surface area contributed by atoms with Crippen LogP contribution in [0, 0.1) is 0 Å². The van der Waals surface area contributed by atoms with Gasteiger partial charge in [0.05, 0.1) is 0 Å². The van der Waals surface area contributed by atoms with Crippen LogP contribution in [0.5, 0.6) is 0 Å². The Labute approximate surface area is 130 Å². The molecule has 5 heteroatoms. The molecule has 0 aliphatic carbocycles. The molecule has 0 bridgehead atoms. The van der Waals surface area contributed by atoms with E-state index < -0.39 is 8.80 Å². The lowest BCUT2D eigenvalue weighted by Crippen LogP contribution is -2.49. The highest BCUT2D eigenvalue weighted by Crippen LogP contribution is 2.20. The molecule has 4 nitrogen and oxygen atoms in total. The largest absolute Gasteiger partial charge is 0.505 e. The third-order valence-corrected chi connectivity index (χ3v) is 5.72. The van der Waals surface area contributed by atoms with Crippen molar-refractivity contribution in [3.63, 3.8) is 0 Å². The average Bonchev–Trinajstić information content (AvgIpc) is 2.48. The maximum atomic E-state index is 6.08. The summed E-state index contributed by atoms with van der Waals surface area (Å²) in [6.45, 7) is 8.30. The van der Waals surface area contributed by atoms with Crippen LogP contribution in [-0.2, 0) is 19.3 Å². The molecule has 1 aromatic rings. The highest BCUT2D eigenvalue weighted by Gasteiger charge is 2.41. The van der Waals surface area contributed by atoms with Crippen LogP contribution in [0.1, 0.15) is 45.6 Å². The molecule has 0 unspecified atom stereocenters. The van der Waals surface area contributed by atoms with Gasteiger partial charge < -0.3 is 19.0 Å². The van der Waals surface area contributed by atoms with Crippen molar-refractivity contribution in [3.8, 4) is 0 Å². The molecule has 0 saturated heterocycles. The van der Waals surface area contributed by atoms with Crippen molar-refractivity contribution in [1.29, 1.82) is 0 Å². The van der Waals surface area contributed by atoms with E-state index in [0.717, 1.165) is 30.5 Å². The molecular formula is C16H29NO3Si. The SMILES string of the molecule is CCCO[Si](Cc1cccc(N)c1)(OCCC)OCCC. The van der Waals surface area contributed by atoms with Crippen molar-refractivity contribution in [3.05, 3.63) is 29.8 Å². The van der Waals surface area contributed by atoms with Crippen LogP contribution in [-0.4, -0.2) is 28.6 Å². The first-order valence-electron chi connectivity index (χ1n) is 7.92. The van der Waals surface area contributed by atoms with Crippen molar-refractivity contribution in [2.24, 2.45) is 0 Å². The summed E-state index contributed by atoms with van der Waals surface area (Å²) in [5, 5.41) is 0. The molecular weight excluding hydrogens is 282 g/mol. The number of hydrogen-bond donors (Lipinski definition) is 1. The fraction of sp³-hybridized carbons (Fsp3) is 0.625. The molecule has 21 heavy (non-hydrogen) atoms. The standard InChI is InChI=1S/C16H29NO3Si/c1-4-10-18-21(19-11-5-2,20-12-6-3)14-15-8-7-9-16(17)13-15/h7-9,13H,4-6,10-12,14,17H2,1-3H3. The molecule has 0 fully saturated rings. The predicted molar refractivity (Wildman–Crippen MR) is 89.0 cm³/mol. The minimum Gasteiger partial charge on any atom is -0.399 e. The number of hydrogen-bond acceptors (Lipinski definition) is 4. The summed E-state index contributed by atoms with van der Waals surface area (Å²) in [7, 11) is -2.68. The molecule has 0 aromatic heterocycles. The summed E-state index contributed by atoms with van der Waals surface area (Å²) < 4.78 is 18.2. The van der Waals surface area contributed by atoms with E-state index in [1.165, 1.54) is 0 Å². The van der Waals surface area contributed by atoms with Gasteiger partial charge in [-0.15, -0.1) is 0 Å². The van der Waals surface area contributed by atoms with Gasteiger partial charge in [-0.25, -0.2) is 0 Å². The zero-order chi connectivity index (χ0) is 15.6. The van der Waals surface area contributed by atoms with Gasteiger partial charge in [-0.1, -0.05) is 32.9 Å². The van der Waals surface area contributed by atoms with Gasteiger partial charge >= 0.3 is 8.80 Å². The average molecular weight is 311 g/mol.